The van der Waals surface area contributed by atoms with Crippen LogP contribution in [0.2, 0.25) is 0 Å². The van der Waals surface area contributed by atoms with Gasteiger partial charge in [0.25, 0.3) is 0 Å². The van der Waals surface area contributed by atoms with E-state index in [2.05, 4.69) is 42.5 Å². The average Bonchev–Trinajstić information content (AvgIpc) is 3.10. The number of hydrogen-bond donors (Lipinski definition) is 1. The number of piperazine rings is 1. The van der Waals surface area contributed by atoms with Gasteiger partial charge in [0.05, 0.1) is 42.5 Å². The molecule has 5 heterocycles. The number of nitrogens with zero attached hydrogens (tertiary/aromatic N) is 7. The minimum Gasteiger partial charge on any atom is -0.377 e. The molecule has 3 aliphatic rings. The standard InChI is InChI=1S/C21H28N8OS/c1-15-9-23-19(24-17-8-16(2)26-31-17)25-18(15)28-10-20(11-28,4-5-22)29-7-6-27(3)21(12-29)13-30-14-21/h8-9H,4,6-7,10-14H2,1-3H3,(H,23,24,25). The van der Waals surface area contributed by atoms with Crippen molar-refractivity contribution in [2.24, 2.45) is 0 Å². The molecule has 5 rings (SSSR count). The lowest BCUT2D eigenvalue weighted by molar-refractivity contribution is -0.176. The van der Waals surface area contributed by atoms with Crippen LogP contribution in [0.5, 0.6) is 0 Å². The molecule has 0 atom stereocenters. The molecular formula is C21H28N8OS. The van der Waals surface area contributed by atoms with Crippen molar-refractivity contribution in [3.05, 3.63) is 23.5 Å². The number of hydrogen-bond acceptors (Lipinski definition) is 10. The van der Waals surface area contributed by atoms with E-state index in [-0.39, 0.29) is 11.1 Å². The molecule has 3 aliphatic heterocycles. The van der Waals surface area contributed by atoms with Gasteiger partial charge in [0.15, 0.2) is 0 Å². The van der Waals surface area contributed by atoms with E-state index >= 15 is 0 Å². The van der Waals surface area contributed by atoms with Crippen LogP contribution >= 0.6 is 11.5 Å². The highest BCUT2D eigenvalue weighted by molar-refractivity contribution is 7.10. The van der Waals surface area contributed by atoms with Crippen LogP contribution in [-0.4, -0.2) is 88.2 Å². The summed E-state index contributed by atoms with van der Waals surface area (Å²) in [5.41, 5.74) is 2.00. The lowest BCUT2D eigenvalue weighted by Crippen LogP contribution is -2.78. The average molecular weight is 441 g/mol. The Morgan fingerprint density at radius 1 is 1.26 bits per heavy atom. The Kier molecular flexibility index (Phi) is 5.09. The van der Waals surface area contributed by atoms with E-state index in [1.54, 1.807) is 0 Å². The predicted molar refractivity (Wildman–Crippen MR) is 120 cm³/mol. The van der Waals surface area contributed by atoms with Crippen molar-refractivity contribution in [3.8, 4) is 6.07 Å². The first-order valence-corrected chi connectivity index (χ1v) is 11.4. The van der Waals surface area contributed by atoms with Crippen LogP contribution < -0.4 is 10.2 Å². The number of aryl methyl sites for hydroxylation is 2. The number of nitrogens with one attached hydrogen (secondary N) is 1. The minimum absolute atomic E-state index is 0.107. The van der Waals surface area contributed by atoms with Crippen molar-refractivity contribution >= 4 is 28.3 Å². The maximum Gasteiger partial charge on any atom is 0.229 e. The third-order valence-electron chi connectivity index (χ3n) is 6.90. The Bertz CT molecular complexity index is 1010. The fourth-order valence-corrected chi connectivity index (χ4v) is 5.50. The van der Waals surface area contributed by atoms with E-state index in [4.69, 9.17) is 9.72 Å². The van der Waals surface area contributed by atoms with Gasteiger partial charge < -0.3 is 15.0 Å². The molecule has 1 spiro atoms. The molecule has 0 amide bonds. The largest absolute Gasteiger partial charge is 0.377 e. The zero-order valence-electron chi connectivity index (χ0n) is 18.3. The normalized spacial score (nSPS) is 22.6. The van der Waals surface area contributed by atoms with Crippen LogP contribution in [0.15, 0.2) is 12.3 Å². The van der Waals surface area contributed by atoms with Crippen molar-refractivity contribution < 1.29 is 4.74 Å². The van der Waals surface area contributed by atoms with E-state index in [1.807, 2.05) is 26.1 Å². The molecule has 3 fully saturated rings. The molecule has 0 aromatic carbocycles. The van der Waals surface area contributed by atoms with Crippen LogP contribution in [-0.2, 0) is 4.74 Å². The second-order valence-corrected chi connectivity index (χ2v) is 9.94. The smallest absolute Gasteiger partial charge is 0.229 e. The summed E-state index contributed by atoms with van der Waals surface area (Å²) >= 11 is 1.40. The fourth-order valence-electron chi connectivity index (χ4n) is 4.85. The second-order valence-electron chi connectivity index (χ2n) is 9.13. The molecule has 10 heteroatoms. The molecule has 2 aromatic heterocycles. The van der Waals surface area contributed by atoms with Crippen molar-refractivity contribution in [2.45, 2.75) is 31.3 Å². The first kappa shape index (κ1) is 20.6. The van der Waals surface area contributed by atoms with Gasteiger partial charge in [0.1, 0.15) is 10.8 Å². The fraction of sp³-hybridized carbons (Fsp3) is 0.619. The summed E-state index contributed by atoms with van der Waals surface area (Å²) in [5.74, 6) is 1.51. The van der Waals surface area contributed by atoms with E-state index in [0.717, 1.165) is 68.0 Å². The number of nitriles is 1. The number of anilines is 3. The Labute approximate surface area is 186 Å². The topological polar surface area (TPSA) is 93.4 Å². The summed E-state index contributed by atoms with van der Waals surface area (Å²) in [4.78, 5) is 16.5. The van der Waals surface area contributed by atoms with Crippen LogP contribution in [0.4, 0.5) is 16.8 Å². The van der Waals surface area contributed by atoms with E-state index < -0.39 is 0 Å². The maximum absolute atomic E-state index is 9.60. The van der Waals surface area contributed by atoms with Crippen molar-refractivity contribution in [3.63, 3.8) is 0 Å². The number of ether oxygens (including phenoxy) is 1. The van der Waals surface area contributed by atoms with Gasteiger partial charge in [-0.2, -0.15) is 14.6 Å². The van der Waals surface area contributed by atoms with Crippen LogP contribution in [0.25, 0.3) is 0 Å². The zero-order valence-corrected chi connectivity index (χ0v) is 19.1. The molecule has 31 heavy (non-hydrogen) atoms. The maximum atomic E-state index is 9.60. The van der Waals surface area contributed by atoms with E-state index in [9.17, 15) is 5.26 Å². The molecule has 164 valence electrons. The summed E-state index contributed by atoms with van der Waals surface area (Å²) in [5, 5.41) is 13.8. The molecule has 0 saturated carbocycles. The summed E-state index contributed by atoms with van der Waals surface area (Å²) in [7, 11) is 2.19. The highest BCUT2D eigenvalue weighted by atomic mass is 32.1. The van der Waals surface area contributed by atoms with Gasteiger partial charge >= 0.3 is 0 Å². The zero-order chi connectivity index (χ0) is 21.6. The summed E-state index contributed by atoms with van der Waals surface area (Å²) < 4.78 is 9.86. The van der Waals surface area contributed by atoms with Crippen LogP contribution in [0.3, 0.4) is 0 Å². The summed E-state index contributed by atoms with van der Waals surface area (Å²) in [6, 6.07) is 4.44. The highest BCUT2D eigenvalue weighted by Crippen LogP contribution is 2.39. The molecule has 1 N–H and O–H groups in total. The molecule has 3 saturated heterocycles. The van der Waals surface area contributed by atoms with Gasteiger partial charge in [-0.05, 0) is 38.5 Å². The molecule has 0 aliphatic carbocycles. The minimum atomic E-state index is -0.127. The lowest BCUT2D eigenvalue weighted by Gasteiger charge is -2.62. The van der Waals surface area contributed by atoms with Gasteiger partial charge in [-0.15, -0.1) is 0 Å². The van der Waals surface area contributed by atoms with Gasteiger partial charge in [-0.25, -0.2) is 4.98 Å². The Hall–Kier alpha value is -2.32. The van der Waals surface area contributed by atoms with Crippen molar-refractivity contribution in [2.75, 3.05) is 63.2 Å². The highest BCUT2D eigenvalue weighted by Gasteiger charge is 2.54. The Morgan fingerprint density at radius 2 is 2.06 bits per heavy atom. The first-order chi connectivity index (χ1) is 14.9. The van der Waals surface area contributed by atoms with Gasteiger partial charge in [0.2, 0.25) is 5.95 Å². The SMILES string of the molecule is Cc1cc(Nc2ncc(C)c(N3CC(CC#N)(N4CCN(C)C5(COC5)C4)C3)n2)sn1. The van der Waals surface area contributed by atoms with Gasteiger partial charge in [0, 0.05) is 44.5 Å². The Morgan fingerprint density at radius 3 is 2.71 bits per heavy atom. The second kappa shape index (κ2) is 7.67. The molecule has 0 bridgehead atoms. The molecule has 0 radical (unpaired) electrons. The predicted octanol–water partition coefficient (Wildman–Crippen LogP) is 1.78. The van der Waals surface area contributed by atoms with Crippen LogP contribution in [0, 0.1) is 25.2 Å². The Balaban J connectivity index is 1.33. The van der Waals surface area contributed by atoms with E-state index in [0.29, 0.717) is 12.4 Å². The number of aromatic nitrogens is 3. The summed E-state index contributed by atoms with van der Waals surface area (Å²) in [6.07, 6.45) is 2.39. The molecule has 0 unspecified atom stereocenters. The van der Waals surface area contributed by atoms with Gasteiger partial charge in [-0.3, -0.25) is 9.80 Å². The van der Waals surface area contributed by atoms with Gasteiger partial charge in [-0.1, -0.05) is 0 Å². The first-order valence-electron chi connectivity index (χ1n) is 10.6. The monoisotopic (exact) mass is 440 g/mol. The van der Waals surface area contributed by atoms with Crippen molar-refractivity contribution in [1.82, 2.24) is 24.1 Å². The van der Waals surface area contributed by atoms with Crippen molar-refractivity contribution in [1.29, 1.82) is 5.26 Å². The van der Waals surface area contributed by atoms with E-state index in [1.165, 1.54) is 11.5 Å². The third-order valence-corrected chi connectivity index (χ3v) is 7.69. The molecule has 2 aromatic rings. The molecule has 9 nitrogen and oxygen atoms in total. The lowest BCUT2D eigenvalue weighted by atomic mass is 9.81. The molecular weight excluding hydrogens is 412 g/mol. The van der Waals surface area contributed by atoms with Crippen LogP contribution in [0.1, 0.15) is 17.7 Å². The number of rotatable bonds is 5. The number of likely N-dealkylation sites (N-methyl/N-ethyl adjacent to an activating group) is 1. The quantitative estimate of drug-likeness (QED) is 0.747. The summed E-state index contributed by atoms with van der Waals surface area (Å²) in [6.45, 7) is 10.1. The third kappa shape index (κ3) is 3.55.